The highest BCUT2D eigenvalue weighted by Gasteiger charge is 2.23. The van der Waals surface area contributed by atoms with Crippen LogP contribution in [0.4, 0.5) is 5.69 Å². The maximum absolute atomic E-state index is 12.7. The first kappa shape index (κ1) is 14.8. The summed E-state index contributed by atoms with van der Waals surface area (Å²) in [6.07, 6.45) is 1.82. The molecule has 0 radical (unpaired) electrons. The number of nitrogens with zero attached hydrogens (tertiary/aromatic N) is 2. The van der Waals surface area contributed by atoms with E-state index in [0.29, 0.717) is 11.4 Å². The smallest absolute Gasteiger partial charge is 0.323 e. The Morgan fingerprint density at radius 3 is 2.38 bits per heavy atom. The number of aromatic nitrogens is 1. The number of benzene rings is 1. The summed E-state index contributed by atoms with van der Waals surface area (Å²) in [6, 6.07) is 12.5. The molecule has 1 heterocycles. The van der Waals surface area contributed by atoms with Crippen LogP contribution in [0.3, 0.4) is 0 Å². The highest BCUT2D eigenvalue weighted by molar-refractivity contribution is 6.07. The molecule has 0 bridgehead atoms. The number of carbonyl (C=O) groups excluding carboxylic acids is 1. The molecule has 0 spiro atoms. The van der Waals surface area contributed by atoms with Gasteiger partial charge in [0.2, 0.25) is 0 Å². The fraction of sp³-hybridized carbons (Fsp3) is 0.250. The summed E-state index contributed by atoms with van der Waals surface area (Å²) < 4.78 is 1.83. The molecule has 0 aliphatic heterocycles. The molecule has 2 aromatic rings. The number of aliphatic carboxylic acids is 1. The Kier molecular flexibility index (Phi) is 4.42. The minimum Gasteiger partial charge on any atom is -0.480 e. The lowest BCUT2D eigenvalue weighted by molar-refractivity contribution is -0.135. The zero-order chi connectivity index (χ0) is 15.4. The molecule has 0 atom stereocenters. The lowest BCUT2D eigenvalue weighted by Crippen LogP contribution is -2.37. The molecular weight excluding hydrogens is 268 g/mol. The number of hydrogen-bond acceptors (Lipinski definition) is 2. The Morgan fingerprint density at radius 2 is 1.81 bits per heavy atom. The van der Waals surface area contributed by atoms with E-state index in [2.05, 4.69) is 0 Å². The molecular formula is C16H18N2O3. The molecule has 110 valence electrons. The lowest BCUT2D eigenvalue weighted by atomic mass is 10.2. The first-order valence-electron chi connectivity index (χ1n) is 6.76. The summed E-state index contributed by atoms with van der Waals surface area (Å²) >= 11 is 0. The predicted octanol–water partition coefficient (Wildman–Crippen LogP) is 2.80. The third-order valence-corrected chi connectivity index (χ3v) is 3.16. The van der Waals surface area contributed by atoms with Gasteiger partial charge in [0.05, 0.1) is 0 Å². The number of para-hydroxylation sites is 1. The minimum atomic E-state index is -1.05. The van der Waals surface area contributed by atoms with Crippen LogP contribution in [0.2, 0.25) is 0 Å². The molecule has 0 unspecified atom stereocenters. The molecule has 0 saturated carbocycles. The zero-order valence-electron chi connectivity index (χ0n) is 12.1. The SMILES string of the molecule is CC(C)n1cccc1C(=O)N(CC(=O)O)c1ccccc1. The van der Waals surface area contributed by atoms with Gasteiger partial charge < -0.3 is 9.67 Å². The molecule has 21 heavy (non-hydrogen) atoms. The number of amides is 1. The van der Waals surface area contributed by atoms with Crippen molar-refractivity contribution in [2.45, 2.75) is 19.9 Å². The van der Waals surface area contributed by atoms with Crippen molar-refractivity contribution in [1.29, 1.82) is 0 Å². The molecule has 5 nitrogen and oxygen atoms in total. The van der Waals surface area contributed by atoms with Gasteiger partial charge in [-0.05, 0) is 38.1 Å². The third-order valence-electron chi connectivity index (χ3n) is 3.16. The Bertz CT molecular complexity index is 632. The summed E-state index contributed by atoms with van der Waals surface area (Å²) in [7, 11) is 0. The van der Waals surface area contributed by atoms with Crippen LogP contribution in [0, 0.1) is 0 Å². The van der Waals surface area contributed by atoms with Crippen molar-refractivity contribution < 1.29 is 14.7 Å². The van der Waals surface area contributed by atoms with Crippen molar-refractivity contribution in [1.82, 2.24) is 4.57 Å². The van der Waals surface area contributed by atoms with Gasteiger partial charge >= 0.3 is 5.97 Å². The highest BCUT2D eigenvalue weighted by Crippen LogP contribution is 2.19. The first-order valence-corrected chi connectivity index (χ1v) is 6.76. The Hall–Kier alpha value is -2.56. The van der Waals surface area contributed by atoms with E-state index in [1.165, 1.54) is 4.90 Å². The van der Waals surface area contributed by atoms with E-state index >= 15 is 0 Å². The predicted molar refractivity (Wildman–Crippen MR) is 80.6 cm³/mol. The second-order valence-electron chi connectivity index (χ2n) is 5.02. The van der Waals surface area contributed by atoms with Gasteiger partial charge in [-0.25, -0.2) is 0 Å². The summed E-state index contributed by atoms with van der Waals surface area (Å²) in [5, 5.41) is 9.07. The van der Waals surface area contributed by atoms with Crippen LogP contribution in [0.5, 0.6) is 0 Å². The standard InChI is InChI=1S/C16H18N2O3/c1-12(2)17-10-6-9-14(17)16(21)18(11-15(19)20)13-7-4-3-5-8-13/h3-10,12H,11H2,1-2H3,(H,19,20). The van der Waals surface area contributed by atoms with Crippen molar-refractivity contribution >= 4 is 17.6 Å². The largest absolute Gasteiger partial charge is 0.480 e. The van der Waals surface area contributed by atoms with Crippen LogP contribution in [0.25, 0.3) is 0 Å². The van der Waals surface area contributed by atoms with Crippen molar-refractivity contribution in [3.05, 3.63) is 54.4 Å². The summed E-state index contributed by atoms with van der Waals surface area (Å²) in [5.41, 5.74) is 1.05. The van der Waals surface area contributed by atoms with E-state index < -0.39 is 5.97 Å². The monoisotopic (exact) mass is 286 g/mol. The number of carboxylic acid groups (broad SMARTS) is 1. The fourth-order valence-electron chi connectivity index (χ4n) is 2.19. The average Bonchev–Trinajstić information content (AvgIpc) is 2.94. The summed E-state index contributed by atoms with van der Waals surface area (Å²) in [6.45, 7) is 3.58. The highest BCUT2D eigenvalue weighted by atomic mass is 16.4. The van der Waals surface area contributed by atoms with Crippen molar-refractivity contribution in [3.63, 3.8) is 0 Å². The molecule has 2 rings (SSSR count). The number of anilines is 1. The molecule has 0 saturated heterocycles. The van der Waals surface area contributed by atoms with E-state index in [-0.39, 0.29) is 18.5 Å². The molecule has 0 aliphatic carbocycles. The van der Waals surface area contributed by atoms with Crippen LogP contribution in [-0.2, 0) is 4.79 Å². The fourth-order valence-corrected chi connectivity index (χ4v) is 2.19. The molecule has 1 N–H and O–H groups in total. The maximum atomic E-state index is 12.7. The van der Waals surface area contributed by atoms with Gasteiger partial charge in [-0.1, -0.05) is 18.2 Å². The zero-order valence-corrected chi connectivity index (χ0v) is 12.1. The van der Waals surface area contributed by atoms with Crippen LogP contribution in [0.15, 0.2) is 48.7 Å². The first-order chi connectivity index (χ1) is 10.0. The second kappa shape index (κ2) is 6.26. The van der Waals surface area contributed by atoms with E-state index in [1.54, 1.807) is 36.4 Å². The van der Waals surface area contributed by atoms with Gasteiger partial charge in [0, 0.05) is 17.9 Å². The third kappa shape index (κ3) is 3.31. The summed E-state index contributed by atoms with van der Waals surface area (Å²) in [4.78, 5) is 25.1. The average molecular weight is 286 g/mol. The van der Waals surface area contributed by atoms with Gasteiger partial charge in [0.25, 0.3) is 5.91 Å². The van der Waals surface area contributed by atoms with Gasteiger partial charge in [-0.3, -0.25) is 14.5 Å². The topological polar surface area (TPSA) is 62.5 Å². The quantitative estimate of drug-likeness (QED) is 0.919. The van der Waals surface area contributed by atoms with Gasteiger partial charge in [0.15, 0.2) is 0 Å². The van der Waals surface area contributed by atoms with Crippen molar-refractivity contribution in [2.75, 3.05) is 11.4 Å². The molecule has 0 fully saturated rings. The number of hydrogen-bond donors (Lipinski definition) is 1. The summed E-state index contributed by atoms with van der Waals surface area (Å²) in [5.74, 6) is -1.36. The number of rotatable bonds is 5. The van der Waals surface area contributed by atoms with Crippen molar-refractivity contribution in [2.24, 2.45) is 0 Å². The van der Waals surface area contributed by atoms with Gasteiger partial charge in [-0.15, -0.1) is 0 Å². The van der Waals surface area contributed by atoms with E-state index in [9.17, 15) is 9.59 Å². The van der Waals surface area contributed by atoms with Crippen molar-refractivity contribution in [3.8, 4) is 0 Å². The molecule has 1 amide bonds. The molecule has 1 aromatic carbocycles. The molecule has 5 heteroatoms. The van der Waals surface area contributed by atoms with Crippen LogP contribution in [0.1, 0.15) is 30.4 Å². The molecule has 0 aliphatic rings. The van der Waals surface area contributed by atoms with Gasteiger partial charge in [-0.2, -0.15) is 0 Å². The molecule has 1 aromatic heterocycles. The Labute approximate surface area is 123 Å². The second-order valence-corrected chi connectivity index (χ2v) is 5.02. The van der Waals surface area contributed by atoms with Crippen LogP contribution in [-0.4, -0.2) is 28.1 Å². The van der Waals surface area contributed by atoms with E-state index in [0.717, 1.165) is 0 Å². The maximum Gasteiger partial charge on any atom is 0.323 e. The minimum absolute atomic E-state index is 0.126. The van der Waals surface area contributed by atoms with E-state index in [1.807, 2.05) is 30.7 Å². The Morgan fingerprint density at radius 1 is 1.14 bits per heavy atom. The lowest BCUT2D eigenvalue weighted by Gasteiger charge is -2.22. The number of carboxylic acids is 1. The Balaban J connectivity index is 2.39. The van der Waals surface area contributed by atoms with Crippen LogP contribution < -0.4 is 4.90 Å². The van der Waals surface area contributed by atoms with Crippen LogP contribution >= 0.6 is 0 Å². The number of carbonyl (C=O) groups is 2. The van der Waals surface area contributed by atoms with Gasteiger partial charge in [0.1, 0.15) is 12.2 Å². The van der Waals surface area contributed by atoms with E-state index in [4.69, 9.17) is 5.11 Å². The normalized spacial score (nSPS) is 10.6.